The second-order valence-electron chi connectivity index (χ2n) is 6.04. The third kappa shape index (κ3) is 4.61. The van der Waals surface area contributed by atoms with Crippen LogP contribution in [0.2, 0.25) is 0 Å². The molecule has 0 aliphatic heterocycles. The molecule has 1 atom stereocenters. The number of hydrogen-bond acceptors (Lipinski definition) is 5. The number of carbonyl (C=O) groups is 2. The summed E-state index contributed by atoms with van der Waals surface area (Å²) >= 11 is 0. The number of ether oxygens (including phenoxy) is 1. The van der Waals surface area contributed by atoms with Crippen molar-refractivity contribution < 1.29 is 18.7 Å². The smallest absolute Gasteiger partial charge is 0.361 e. The number of aryl methyl sites for hydroxylation is 1. The summed E-state index contributed by atoms with van der Waals surface area (Å²) in [5.41, 5.74) is 1.79. The van der Waals surface area contributed by atoms with Gasteiger partial charge in [0, 0.05) is 12.1 Å². The molecular weight excluding hydrogens is 344 g/mol. The molecule has 138 valence electrons. The standard InChI is InChI=1S/C21H20N2O4/c1-14-18(23-20(26-14)17-11-7-4-8-12-17)21(25)27-15(2)19(24)22-13-16-9-5-3-6-10-16/h3-12,15H,13H2,1-2H3,(H,22,24)/t15-/m1/s1. The average molecular weight is 364 g/mol. The predicted molar refractivity (Wildman–Crippen MR) is 99.8 cm³/mol. The SMILES string of the molecule is Cc1oc(-c2ccccc2)nc1C(=O)O[C@H](C)C(=O)NCc1ccccc1. The number of rotatable bonds is 6. The van der Waals surface area contributed by atoms with Crippen LogP contribution < -0.4 is 5.32 Å². The normalized spacial score (nSPS) is 11.6. The van der Waals surface area contributed by atoms with Gasteiger partial charge in [-0.15, -0.1) is 0 Å². The van der Waals surface area contributed by atoms with Crippen LogP contribution in [0.5, 0.6) is 0 Å². The quantitative estimate of drug-likeness (QED) is 0.677. The molecule has 2 aromatic carbocycles. The molecule has 1 N–H and O–H groups in total. The molecule has 1 amide bonds. The van der Waals surface area contributed by atoms with Crippen LogP contribution in [0, 0.1) is 6.92 Å². The van der Waals surface area contributed by atoms with Gasteiger partial charge in [0.1, 0.15) is 5.76 Å². The third-order valence-electron chi connectivity index (χ3n) is 3.97. The molecule has 0 aliphatic carbocycles. The van der Waals surface area contributed by atoms with E-state index in [9.17, 15) is 9.59 Å². The largest absolute Gasteiger partial charge is 0.448 e. The number of nitrogens with zero attached hydrogens (tertiary/aromatic N) is 1. The number of nitrogens with one attached hydrogen (secondary N) is 1. The number of hydrogen-bond donors (Lipinski definition) is 1. The minimum atomic E-state index is -0.947. The topological polar surface area (TPSA) is 81.4 Å². The molecule has 0 aliphatic rings. The fraction of sp³-hybridized carbons (Fsp3) is 0.190. The monoisotopic (exact) mass is 364 g/mol. The molecule has 3 rings (SSSR count). The predicted octanol–water partition coefficient (Wildman–Crippen LogP) is 3.51. The highest BCUT2D eigenvalue weighted by Crippen LogP contribution is 2.22. The summed E-state index contributed by atoms with van der Waals surface area (Å²) in [5, 5.41) is 2.74. The fourth-order valence-corrected chi connectivity index (χ4v) is 2.49. The van der Waals surface area contributed by atoms with E-state index < -0.39 is 12.1 Å². The second kappa shape index (κ2) is 8.31. The van der Waals surface area contributed by atoms with Gasteiger partial charge in [0.25, 0.3) is 5.91 Å². The van der Waals surface area contributed by atoms with Crippen molar-refractivity contribution in [1.29, 1.82) is 0 Å². The van der Waals surface area contributed by atoms with Crippen LogP contribution >= 0.6 is 0 Å². The Bertz CT molecular complexity index is 920. The fourth-order valence-electron chi connectivity index (χ4n) is 2.49. The molecule has 0 spiro atoms. The van der Waals surface area contributed by atoms with Gasteiger partial charge in [-0.3, -0.25) is 4.79 Å². The lowest BCUT2D eigenvalue weighted by atomic mass is 10.2. The zero-order chi connectivity index (χ0) is 19.2. The number of aromatic nitrogens is 1. The van der Waals surface area contributed by atoms with Gasteiger partial charge in [-0.25, -0.2) is 9.78 Å². The summed E-state index contributed by atoms with van der Waals surface area (Å²) in [7, 11) is 0. The molecule has 27 heavy (non-hydrogen) atoms. The summed E-state index contributed by atoms with van der Waals surface area (Å²) in [5.74, 6) is -0.394. The van der Waals surface area contributed by atoms with E-state index in [4.69, 9.17) is 9.15 Å². The first kappa shape index (κ1) is 18.4. The lowest BCUT2D eigenvalue weighted by Crippen LogP contribution is -2.35. The Kier molecular flexibility index (Phi) is 5.66. The molecule has 1 aromatic heterocycles. The highest BCUT2D eigenvalue weighted by molar-refractivity contribution is 5.91. The zero-order valence-corrected chi connectivity index (χ0v) is 15.1. The van der Waals surface area contributed by atoms with Crippen molar-refractivity contribution in [3.8, 4) is 11.5 Å². The first-order chi connectivity index (χ1) is 13.0. The molecule has 0 saturated carbocycles. The van der Waals surface area contributed by atoms with Gasteiger partial charge >= 0.3 is 5.97 Å². The van der Waals surface area contributed by atoms with E-state index in [-0.39, 0.29) is 11.6 Å². The van der Waals surface area contributed by atoms with Gasteiger partial charge in [0.2, 0.25) is 5.89 Å². The average Bonchev–Trinajstić information content (AvgIpc) is 3.09. The lowest BCUT2D eigenvalue weighted by molar-refractivity contribution is -0.129. The maximum atomic E-state index is 12.4. The van der Waals surface area contributed by atoms with Gasteiger partial charge in [0.05, 0.1) is 0 Å². The Hall–Kier alpha value is -3.41. The Morgan fingerprint density at radius 1 is 1.07 bits per heavy atom. The number of carbonyl (C=O) groups excluding carboxylic acids is 2. The van der Waals surface area contributed by atoms with E-state index in [1.54, 1.807) is 6.92 Å². The highest BCUT2D eigenvalue weighted by Gasteiger charge is 2.24. The van der Waals surface area contributed by atoms with Crippen LogP contribution in [0.25, 0.3) is 11.5 Å². The van der Waals surface area contributed by atoms with E-state index in [2.05, 4.69) is 10.3 Å². The summed E-state index contributed by atoms with van der Waals surface area (Å²) in [6.45, 7) is 3.52. The van der Waals surface area contributed by atoms with Crippen LogP contribution in [0.3, 0.4) is 0 Å². The molecule has 6 nitrogen and oxygen atoms in total. The molecule has 0 unspecified atom stereocenters. The number of oxazole rings is 1. The van der Waals surface area contributed by atoms with Crippen LogP contribution in [0.15, 0.2) is 65.1 Å². The summed E-state index contributed by atoms with van der Waals surface area (Å²) in [6.07, 6.45) is -0.947. The van der Waals surface area contributed by atoms with Gasteiger partial charge < -0.3 is 14.5 Å². The maximum absolute atomic E-state index is 12.4. The van der Waals surface area contributed by atoms with Crippen molar-refractivity contribution in [2.45, 2.75) is 26.5 Å². The van der Waals surface area contributed by atoms with Crippen LogP contribution in [-0.4, -0.2) is 23.0 Å². The number of benzene rings is 2. The maximum Gasteiger partial charge on any atom is 0.361 e. The minimum Gasteiger partial charge on any atom is -0.448 e. The van der Waals surface area contributed by atoms with Crippen molar-refractivity contribution in [3.05, 3.63) is 77.7 Å². The van der Waals surface area contributed by atoms with Crippen molar-refractivity contribution in [2.75, 3.05) is 0 Å². The molecule has 3 aromatic rings. The Balaban J connectivity index is 1.61. The van der Waals surface area contributed by atoms with Crippen molar-refractivity contribution in [3.63, 3.8) is 0 Å². The summed E-state index contributed by atoms with van der Waals surface area (Å²) < 4.78 is 10.8. The molecule has 0 saturated heterocycles. The number of amides is 1. The van der Waals surface area contributed by atoms with E-state index in [1.165, 1.54) is 6.92 Å². The van der Waals surface area contributed by atoms with Gasteiger partial charge in [-0.1, -0.05) is 48.5 Å². The van der Waals surface area contributed by atoms with Crippen LogP contribution in [-0.2, 0) is 16.1 Å². The van der Waals surface area contributed by atoms with Crippen LogP contribution in [0.4, 0.5) is 0 Å². The van der Waals surface area contributed by atoms with E-state index in [0.29, 0.717) is 18.2 Å². The first-order valence-corrected chi connectivity index (χ1v) is 8.60. The van der Waals surface area contributed by atoms with Crippen molar-refractivity contribution in [1.82, 2.24) is 10.3 Å². The van der Waals surface area contributed by atoms with E-state index in [1.807, 2.05) is 60.7 Å². The molecule has 1 heterocycles. The van der Waals surface area contributed by atoms with Crippen LogP contribution in [0.1, 0.15) is 28.7 Å². The minimum absolute atomic E-state index is 0.0663. The molecule has 0 bridgehead atoms. The zero-order valence-electron chi connectivity index (χ0n) is 15.1. The third-order valence-corrected chi connectivity index (χ3v) is 3.97. The molecular formula is C21H20N2O4. The summed E-state index contributed by atoms with van der Waals surface area (Å²) in [6, 6.07) is 18.7. The molecule has 0 fully saturated rings. The van der Waals surface area contributed by atoms with E-state index in [0.717, 1.165) is 11.1 Å². The Morgan fingerprint density at radius 2 is 1.70 bits per heavy atom. The number of esters is 1. The molecule has 6 heteroatoms. The van der Waals surface area contributed by atoms with Gasteiger partial charge in [-0.05, 0) is 31.5 Å². The Labute approximate surface area is 157 Å². The summed E-state index contributed by atoms with van der Waals surface area (Å²) in [4.78, 5) is 28.8. The van der Waals surface area contributed by atoms with Gasteiger partial charge in [-0.2, -0.15) is 0 Å². The second-order valence-corrected chi connectivity index (χ2v) is 6.04. The highest BCUT2D eigenvalue weighted by atomic mass is 16.5. The molecule has 0 radical (unpaired) electrons. The van der Waals surface area contributed by atoms with Crippen molar-refractivity contribution >= 4 is 11.9 Å². The first-order valence-electron chi connectivity index (χ1n) is 8.60. The lowest BCUT2D eigenvalue weighted by Gasteiger charge is -2.12. The van der Waals surface area contributed by atoms with E-state index >= 15 is 0 Å². The van der Waals surface area contributed by atoms with Gasteiger partial charge in [0.15, 0.2) is 11.8 Å². The van der Waals surface area contributed by atoms with Crippen molar-refractivity contribution in [2.24, 2.45) is 0 Å². The Morgan fingerprint density at radius 3 is 2.37 bits per heavy atom.